The average molecular weight is 229 g/mol. The minimum atomic E-state index is -0.438. The van der Waals surface area contributed by atoms with Gasteiger partial charge in [-0.25, -0.2) is 9.18 Å². The lowest BCUT2D eigenvalue weighted by molar-refractivity contribution is 0.154. The van der Waals surface area contributed by atoms with E-state index in [1.165, 1.54) is 24.0 Å². The first-order valence-corrected chi connectivity index (χ1v) is 5.19. The fourth-order valence-corrected chi connectivity index (χ4v) is 1.32. The highest BCUT2D eigenvalue weighted by Crippen LogP contribution is 2.10. The number of nitrogens with one attached hydrogen (secondary N) is 1. The minimum absolute atomic E-state index is 0.0810. The van der Waals surface area contributed by atoms with Crippen molar-refractivity contribution in [1.29, 1.82) is 0 Å². The van der Waals surface area contributed by atoms with Crippen molar-refractivity contribution in [1.82, 2.24) is 5.32 Å². The smallest absolute Gasteiger partial charge is 0.408 e. The first-order valence-electron chi connectivity index (χ1n) is 4.53. The fourth-order valence-electron chi connectivity index (χ4n) is 1.14. The Kier molecular flexibility index (Phi) is 4.50. The van der Waals surface area contributed by atoms with E-state index in [4.69, 9.17) is 4.74 Å². The van der Waals surface area contributed by atoms with Crippen molar-refractivity contribution in [2.75, 3.05) is 0 Å². The molecule has 3 nitrogen and oxygen atoms in total. The Bertz CT molecular complexity index is 325. The number of ether oxygens (including phenoxy) is 1. The molecule has 0 aromatic rings. The van der Waals surface area contributed by atoms with Crippen LogP contribution in [0.3, 0.4) is 0 Å². The first kappa shape index (κ1) is 11.9. The molecular weight excluding hydrogens is 216 g/mol. The Morgan fingerprint density at radius 3 is 2.93 bits per heavy atom. The van der Waals surface area contributed by atoms with E-state index in [1.807, 2.05) is 6.92 Å². The van der Waals surface area contributed by atoms with Gasteiger partial charge in [0.2, 0.25) is 0 Å². The molecule has 3 unspecified atom stereocenters. The molecule has 0 saturated carbocycles. The second-order valence-electron chi connectivity index (χ2n) is 3.10. The van der Waals surface area contributed by atoms with Crippen molar-refractivity contribution < 1.29 is 13.9 Å². The highest BCUT2D eigenvalue weighted by atomic mass is 31.0. The third kappa shape index (κ3) is 3.84. The van der Waals surface area contributed by atoms with Crippen molar-refractivity contribution in [3.8, 4) is 0 Å². The second-order valence-corrected chi connectivity index (χ2v) is 3.48. The van der Waals surface area contributed by atoms with Crippen LogP contribution in [-0.4, -0.2) is 18.2 Å². The van der Waals surface area contributed by atoms with Gasteiger partial charge in [0.25, 0.3) is 0 Å². The van der Waals surface area contributed by atoms with E-state index in [0.717, 1.165) is 0 Å². The Balaban J connectivity index is 2.51. The molecule has 1 fully saturated rings. The molecule has 15 heavy (non-hydrogen) atoms. The van der Waals surface area contributed by atoms with Gasteiger partial charge in [0, 0.05) is 0 Å². The molecule has 0 radical (unpaired) electrons. The van der Waals surface area contributed by atoms with Crippen LogP contribution in [0.1, 0.15) is 6.92 Å². The van der Waals surface area contributed by atoms with Crippen LogP contribution in [0.25, 0.3) is 0 Å². The van der Waals surface area contributed by atoms with Crippen LogP contribution in [0.5, 0.6) is 0 Å². The fraction of sp³-hybridized carbons (Fsp3) is 0.300. The number of alkyl carbamates (subject to hydrolysis) is 1. The first-order chi connectivity index (χ1) is 7.13. The van der Waals surface area contributed by atoms with E-state index in [2.05, 4.69) is 14.6 Å². The van der Waals surface area contributed by atoms with E-state index in [0.29, 0.717) is 0 Å². The lowest BCUT2D eigenvalue weighted by Gasteiger charge is -2.05. The Hall–Kier alpha value is -1.15. The van der Waals surface area contributed by atoms with Crippen molar-refractivity contribution in [2.24, 2.45) is 0 Å². The van der Waals surface area contributed by atoms with Gasteiger partial charge < -0.3 is 10.1 Å². The number of hydrogen-bond acceptors (Lipinski definition) is 2. The number of rotatable bonds is 3. The van der Waals surface area contributed by atoms with Gasteiger partial charge in [-0.15, -0.1) is 9.24 Å². The quantitative estimate of drug-likeness (QED) is 0.595. The van der Waals surface area contributed by atoms with Gasteiger partial charge in [-0.3, -0.25) is 0 Å². The van der Waals surface area contributed by atoms with E-state index in [9.17, 15) is 9.18 Å². The monoisotopic (exact) mass is 229 g/mol. The molecule has 0 aromatic carbocycles. The second kappa shape index (κ2) is 5.66. The van der Waals surface area contributed by atoms with Gasteiger partial charge >= 0.3 is 6.09 Å². The summed E-state index contributed by atoms with van der Waals surface area (Å²) < 4.78 is 17.7. The summed E-state index contributed by atoms with van der Waals surface area (Å²) >= 11 is 0. The van der Waals surface area contributed by atoms with Crippen LogP contribution < -0.4 is 5.32 Å². The summed E-state index contributed by atoms with van der Waals surface area (Å²) in [6.07, 6.45) is 5.02. The number of hydrogen-bond donors (Lipinski definition) is 1. The number of allylic oxidation sites excluding steroid dienone is 4. The summed E-state index contributed by atoms with van der Waals surface area (Å²) in [4.78, 5) is 10.8. The highest BCUT2D eigenvalue weighted by Gasteiger charge is 2.27. The Morgan fingerprint density at radius 2 is 2.40 bits per heavy atom. The number of carbonyl (C=O) groups is 1. The number of halogens is 1. The standard InChI is InChI=1S/C10H13FNO2P/c1-7-9(14-10(13)12-7)4-2-3-8(11)5-6-15/h2-7,9H,15H2,1H3,(H,12,13)/b4-2+,6-5-,8-3+. The zero-order valence-electron chi connectivity index (χ0n) is 8.31. The SMILES string of the molecule is CC1NC(=O)OC1/C=C/C=C(F)\C=C/P. The summed E-state index contributed by atoms with van der Waals surface area (Å²) in [7, 11) is 2.28. The van der Waals surface area contributed by atoms with Gasteiger partial charge in [-0.2, -0.15) is 0 Å². The van der Waals surface area contributed by atoms with E-state index in [1.54, 1.807) is 6.08 Å². The maximum absolute atomic E-state index is 12.8. The molecule has 5 heteroatoms. The van der Waals surface area contributed by atoms with Crippen LogP contribution in [0.4, 0.5) is 9.18 Å². The third-order valence-corrected chi connectivity index (χ3v) is 2.09. The molecule has 1 rings (SSSR count). The van der Waals surface area contributed by atoms with Crippen LogP contribution in [-0.2, 0) is 4.74 Å². The number of cyclic esters (lactones) is 1. The molecule has 1 aliphatic rings. The Labute approximate surface area is 90.3 Å². The summed E-state index contributed by atoms with van der Waals surface area (Å²) in [5.41, 5.74) is 0. The van der Waals surface area contributed by atoms with E-state index in [-0.39, 0.29) is 18.0 Å². The van der Waals surface area contributed by atoms with Gasteiger partial charge in [0.1, 0.15) is 11.9 Å². The molecule has 1 N–H and O–H groups in total. The molecule has 0 spiro atoms. The summed E-state index contributed by atoms with van der Waals surface area (Å²) in [6.45, 7) is 1.82. The number of carbonyl (C=O) groups excluding carboxylic acids is 1. The zero-order chi connectivity index (χ0) is 11.3. The third-order valence-electron chi connectivity index (χ3n) is 1.89. The molecular formula is C10H13FNO2P. The van der Waals surface area contributed by atoms with Crippen molar-refractivity contribution in [2.45, 2.75) is 19.1 Å². The van der Waals surface area contributed by atoms with E-state index >= 15 is 0 Å². The molecule has 1 aliphatic heterocycles. The average Bonchev–Trinajstić information content (AvgIpc) is 2.46. The maximum Gasteiger partial charge on any atom is 0.408 e. The molecule has 0 aromatic heterocycles. The summed E-state index contributed by atoms with van der Waals surface area (Å²) in [5, 5.41) is 2.59. The van der Waals surface area contributed by atoms with Crippen molar-refractivity contribution in [3.63, 3.8) is 0 Å². The molecule has 1 amide bonds. The van der Waals surface area contributed by atoms with E-state index < -0.39 is 6.09 Å². The van der Waals surface area contributed by atoms with Gasteiger partial charge in [-0.05, 0) is 25.2 Å². The minimum Gasteiger partial charge on any atom is -0.440 e. The normalized spacial score (nSPS) is 27.4. The van der Waals surface area contributed by atoms with Crippen LogP contribution in [0, 0.1) is 0 Å². The molecule has 3 atom stereocenters. The Morgan fingerprint density at radius 1 is 1.67 bits per heavy atom. The summed E-state index contributed by atoms with van der Waals surface area (Å²) in [6, 6.07) is -0.0810. The van der Waals surface area contributed by atoms with Crippen molar-refractivity contribution >= 4 is 15.3 Å². The predicted molar refractivity (Wildman–Crippen MR) is 60.0 cm³/mol. The highest BCUT2D eigenvalue weighted by molar-refractivity contribution is 7.20. The summed E-state index contributed by atoms with van der Waals surface area (Å²) in [5.74, 6) is 1.17. The largest absolute Gasteiger partial charge is 0.440 e. The van der Waals surface area contributed by atoms with Gasteiger partial charge in [-0.1, -0.05) is 11.9 Å². The number of amides is 1. The lowest BCUT2D eigenvalue weighted by Crippen LogP contribution is -2.26. The maximum atomic E-state index is 12.8. The molecule has 1 heterocycles. The van der Waals surface area contributed by atoms with Gasteiger partial charge in [0.05, 0.1) is 6.04 Å². The predicted octanol–water partition coefficient (Wildman–Crippen LogP) is 2.28. The van der Waals surface area contributed by atoms with Gasteiger partial charge in [0.15, 0.2) is 0 Å². The van der Waals surface area contributed by atoms with Crippen molar-refractivity contribution in [3.05, 3.63) is 35.9 Å². The lowest BCUT2D eigenvalue weighted by atomic mass is 10.2. The molecule has 0 bridgehead atoms. The molecule has 0 aliphatic carbocycles. The topological polar surface area (TPSA) is 38.3 Å². The van der Waals surface area contributed by atoms with Crippen LogP contribution in [0.2, 0.25) is 0 Å². The van der Waals surface area contributed by atoms with Crippen LogP contribution >= 0.6 is 9.24 Å². The zero-order valence-corrected chi connectivity index (χ0v) is 9.47. The molecule has 82 valence electrons. The molecule has 1 saturated heterocycles. The van der Waals surface area contributed by atoms with Crippen LogP contribution in [0.15, 0.2) is 35.9 Å².